The Morgan fingerprint density at radius 2 is 2.00 bits per heavy atom. The monoisotopic (exact) mass is 231 g/mol. The van der Waals surface area contributed by atoms with Crippen molar-refractivity contribution in [3.63, 3.8) is 0 Å². The molecule has 0 unspecified atom stereocenters. The average Bonchev–Trinajstić information content (AvgIpc) is 2.00. The third-order valence-corrected chi connectivity index (χ3v) is 2.26. The molecule has 0 aromatic rings. The number of sulfone groups is 1. The maximum atomic E-state index is 11.5. The molecule has 0 saturated carbocycles. The summed E-state index contributed by atoms with van der Waals surface area (Å²) in [5.74, 6) is 0.0435. The van der Waals surface area contributed by atoms with Crippen molar-refractivity contribution in [3.8, 4) is 0 Å². The predicted octanol–water partition coefficient (Wildman–Crippen LogP) is -0.0977. The molecule has 0 amide bonds. The lowest BCUT2D eigenvalue weighted by Crippen LogP contribution is -2.26. The van der Waals surface area contributed by atoms with E-state index in [1.165, 1.54) is 0 Å². The molecule has 4 nitrogen and oxygen atoms in total. The molecule has 0 aliphatic heterocycles. The van der Waals surface area contributed by atoms with Crippen LogP contribution in [0.4, 0.5) is 8.78 Å². The third-order valence-electron chi connectivity index (χ3n) is 1.32. The Morgan fingerprint density at radius 1 is 1.36 bits per heavy atom. The fourth-order valence-corrected chi connectivity index (χ4v) is 1.21. The first kappa shape index (κ1) is 13.7. The first-order valence-corrected chi connectivity index (χ1v) is 6.22. The summed E-state index contributed by atoms with van der Waals surface area (Å²) >= 11 is 0. The second-order valence-corrected chi connectivity index (χ2v) is 5.11. The Labute approximate surface area is 82.5 Å². The van der Waals surface area contributed by atoms with Crippen LogP contribution in [0.1, 0.15) is 0 Å². The highest BCUT2D eigenvalue weighted by atomic mass is 32.2. The molecule has 0 aliphatic carbocycles. The van der Waals surface area contributed by atoms with Crippen molar-refractivity contribution in [3.05, 3.63) is 0 Å². The van der Waals surface area contributed by atoms with Crippen LogP contribution in [-0.2, 0) is 14.6 Å². The molecular formula is C7H15F2NO3S. The molecule has 0 aromatic heterocycles. The molecule has 0 bridgehead atoms. The third kappa shape index (κ3) is 11.7. The largest absolute Gasteiger partial charge is 0.374 e. The lowest BCUT2D eigenvalue weighted by molar-refractivity contribution is 0.0189. The van der Waals surface area contributed by atoms with Crippen molar-refractivity contribution >= 4 is 9.84 Å². The number of alkyl halides is 2. The molecule has 7 heteroatoms. The predicted molar refractivity (Wildman–Crippen MR) is 49.4 cm³/mol. The fraction of sp³-hybridized carbons (Fsp3) is 1.00. The molecule has 0 aromatic carbocycles. The quantitative estimate of drug-likeness (QED) is 0.593. The van der Waals surface area contributed by atoms with Crippen LogP contribution in [0.25, 0.3) is 0 Å². The number of ether oxygens (including phenoxy) is 1. The van der Waals surface area contributed by atoms with Gasteiger partial charge in [0.05, 0.1) is 12.4 Å². The molecule has 0 rings (SSSR count). The zero-order valence-corrected chi connectivity index (χ0v) is 8.82. The van der Waals surface area contributed by atoms with Gasteiger partial charge < -0.3 is 10.1 Å². The molecule has 0 aliphatic rings. The smallest absolute Gasteiger partial charge is 0.261 e. The second kappa shape index (κ2) is 7.08. The molecular weight excluding hydrogens is 216 g/mol. The molecule has 0 heterocycles. The van der Waals surface area contributed by atoms with E-state index in [4.69, 9.17) is 0 Å². The molecule has 0 saturated heterocycles. The fourth-order valence-electron chi connectivity index (χ4n) is 0.699. The Balaban J connectivity index is 3.15. The summed E-state index contributed by atoms with van der Waals surface area (Å²) in [6.07, 6.45) is -1.31. The van der Waals surface area contributed by atoms with Crippen molar-refractivity contribution in [1.29, 1.82) is 0 Å². The van der Waals surface area contributed by atoms with Crippen LogP contribution in [-0.4, -0.2) is 53.2 Å². The number of halogens is 2. The van der Waals surface area contributed by atoms with E-state index in [-0.39, 0.29) is 12.4 Å². The van der Waals surface area contributed by atoms with Gasteiger partial charge in [-0.1, -0.05) is 0 Å². The van der Waals surface area contributed by atoms with Crippen LogP contribution in [0.2, 0.25) is 0 Å². The van der Waals surface area contributed by atoms with Crippen LogP contribution in [0.3, 0.4) is 0 Å². The SMILES string of the molecule is CS(=O)(=O)CCNCCOCC(F)F. The maximum absolute atomic E-state index is 11.5. The highest BCUT2D eigenvalue weighted by molar-refractivity contribution is 7.90. The van der Waals surface area contributed by atoms with Gasteiger partial charge in [0.2, 0.25) is 0 Å². The van der Waals surface area contributed by atoms with E-state index in [2.05, 4.69) is 10.1 Å². The molecule has 14 heavy (non-hydrogen) atoms. The van der Waals surface area contributed by atoms with Crippen molar-refractivity contribution < 1.29 is 21.9 Å². The van der Waals surface area contributed by atoms with Gasteiger partial charge in [-0.3, -0.25) is 0 Å². The lowest BCUT2D eigenvalue weighted by atomic mass is 10.6. The Bertz CT molecular complexity index is 231. The molecule has 0 atom stereocenters. The minimum absolute atomic E-state index is 0.0435. The second-order valence-electron chi connectivity index (χ2n) is 2.85. The van der Waals surface area contributed by atoms with Gasteiger partial charge in [0.25, 0.3) is 6.43 Å². The zero-order valence-electron chi connectivity index (χ0n) is 8.00. The Kier molecular flexibility index (Phi) is 6.94. The van der Waals surface area contributed by atoms with E-state index in [9.17, 15) is 17.2 Å². The van der Waals surface area contributed by atoms with Gasteiger partial charge in [-0.15, -0.1) is 0 Å². The Morgan fingerprint density at radius 3 is 2.50 bits per heavy atom. The summed E-state index contributed by atoms with van der Waals surface area (Å²) in [7, 11) is -2.95. The molecule has 0 spiro atoms. The molecule has 0 fully saturated rings. The van der Waals surface area contributed by atoms with Gasteiger partial charge in [-0.2, -0.15) is 0 Å². The number of rotatable bonds is 8. The van der Waals surface area contributed by atoms with Gasteiger partial charge >= 0.3 is 0 Å². The van der Waals surface area contributed by atoms with E-state index in [1.807, 2.05) is 0 Å². The van der Waals surface area contributed by atoms with Crippen LogP contribution in [0, 0.1) is 0 Å². The van der Waals surface area contributed by atoms with Crippen molar-refractivity contribution in [2.24, 2.45) is 0 Å². The molecule has 86 valence electrons. The van der Waals surface area contributed by atoms with E-state index in [0.29, 0.717) is 13.1 Å². The zero-order chi connectivity index (χ0) is 11.0. The number of hydrogen-bond donors (Lipinski definition) is 1. The summed E-state index contributed by atoms with van der Waals surface area (Å²) in [5, 5.41) is 2.77. The van der Waals surface area contributed by atoms with E-state index in [0.717, 1.165) is 6.26 Å². The van der Waals surface area contributed by atoms with Gasteiger partial charge in [0.15, 0.2) is 0 Å². The van der Waals surface area contributed by atoms with Gasteiger partial charge in [-0.05, 0) is 0 Å². The lowest BCUT2D eigenvalue weighted by Gasteiger charge is -2.04. The topological polar surface area (TPSA) is 55.4 Å². The van der Waals surface area contributed by atoms with Crippen molar-refractivity contribution in [2.75, 3.05) is 38.3 Å². The summed E-state index contributed by atoms with van der Waals surface area (Å²) in [5.41, 5.74) is 0. The van der Waals surface area contributed by atoms with Crippen LogP contribution >= 0.6 is 0 Å². The molecule has 0 radical (unpaired) electrons. The highest BCUT2D eigenvalue weighted by Gasteiger charge is 2.02. The first-order chi connectivity index (χ1) is 6.42. The maximum Gasteiger partial charge on any atom is 0.261 e. The summed E-state index contributed by atoms with van der Waals surface area (Å²) in [4.78, 5) is 0. The Hall–Kier alpha value is -0.270. The first-order valence-electron chi connectivity index (χ1n) is 4.16. The number of nitrogens with one attached hydrogen (secondary N) is 1. The average molecular weight is 231 g/mol. The summed E-state index contributed by atoms with van der Waals surface area (Å²) < 4.78 is 48.9. The van der Waals surface area contributed by atoms with Crippen LogP contribution in [0.15, 0.2) is 0 Å². The van der Waals surface area contributed by atoms with Crippen molar-refractivity contribution in [2.45, 2.75) is 6.43 Å². The van der Waals surface area contributed by atoms with E-state index < -0.39 is 22.9 Å². The molecule has 1 N–H and O–H groups in total. The van der Waals surface area contributed by atoms with Gasteiger partial charge in [0.1, 0.15) is 16.4 Å². The minimum Gasteiger partial charge on any atom is -0.374 e. The van der Waals surface area contributed by atoms with Crippen LogP contribution < -0.4 is 5.32 Å². The standard InChI is InChI=1S/C7H15F2NO3S/c1-14(11,12)5-3-10-2-4-13-6-7(8)9/h7,10H,2-6H2,1H3. The van der Waals surface area contributed by atoms with Crippen LogP contribution in [0.5, 0.6) is 0 Å². The normalized spacial score (nSPS) is 12.3. The number of hydrogen-bond acceptors (Lipinski definition) is 4. The van der Waals surface area contributed by atoms with E-state index >= 15 is 0 Å². The van der Waals surface area contributed by atoms with Gasteiger partial charge in [0, 0.05) is 19.3 Å². The minimum atomic E-state index is -2.95. The highest BCUT2D eigenvalue weighted by Crippen LogP contribution is 1.91. The summed E-state index contributed by atoms with van der Waals surface area (Å²) in [6, 6.07) is 0. The van der Waals surface area contributed by atoms with E-state index in [1.54, 1.807) is 0 Å². The summed E-state index contributed by atoms with van der Waals surface area (Å²) in [6.45, 7) is 0.279. The van der Waals surface area contributed by atoms with Crippen molar-refractivity contribution in [1.82, 2.24) is 5.32 Å². The van der Waals surface area contributed by atoms with Gasteiger partial charge in [-0.25, -0.2) is 17.2 Å².